The number of hydrogen-bond acceptors (Lipinski definition) is 2. The Labute approximate surface area is 116 Å². The molecule has 4 heteroatoms. The lowest BCUT2D eigenvalue weighted by Gasteiger charge is -2.03. The van der Waals surface area contributed by atoms with Gasteiger partial charge in [0, 0.05) is 6.07 Å². The number of benzene rings is 2. The van der Waals surface area contributed by atoms with Crippen LogP contribution in [0.15, 0.2) is 65.5 Å². The van der Waals surface area contributed by atoms with Gasteiger partial charge in [0.05, 0.1) is 18.5 Å². The normalized spacial score (nSPS) is 10.4. The molecule has 2 aromatic carbocycles. The topological polar surface area (TPSA) is 47.0 Å². The second kappa shape index (κ2) is 5.09. The van der Waals surface area contributed by atoms with E-state index in [2.05, 4.69) is 5.10 Å². The third-order valence-corrected chi connectivity index (χ3v) is 3.14. The molecular weight excluding hydrogens is 252 g/mol. The van der Waals surface area contributed by atoms with E-state index in [4.69, 9.17) is 4.74 Å². The van der Waals surface area contributed by atoms with Gasteiger partial charge in [-0.05, 0) is 42.0 Å². The van der Waals surface area contributed by atoms with Gasteiger partial charge in [0.1, 0.15) is 5.75 Å². The molecule has 4 nitrogen and oxygen atoms in total. The van der Waals surface area contributed by atoms with Crippen LogP contribution >= 0.6 is 0 Å². The number of methoxy groups -OCH3 is 1. The highest BCUT2D eigenvalue weighted by molar-refractivity contribution is 5.60. The zero-order valence-corrected chi connectivity index (χ0v) is 11.0. The fraction of sp³-hybridized carbons (Fsp3) is 0.0625. The summed E-state index contributed by atoms with van der Waals surface area (Å²) in [7, 11) is 1.63. The third-order valence-electron chi connectivity index (χ3n) is 3.14. The Hall–Kier alpha value is -2.75. The molecule has 3 aromatic rings. The maximum Gasteiger partial charge on any atom is 0.271 e. The average Bonchev–Trinajstić information content (AvgIpc) is 2.90. The van der Waals surface area contributed by atoms with Gasteiger partial charge in [-0.3, -0.25) is 9.89 Å². The molecule has 1 aromatic heterocycles. The molecule has 0 bridgehead atoms. The van der Waals surface area contributed by atoms with Gasteiger partial charge in [-0.1, -0.05) is 18.2 Å². The van der Waals surface area contributed by atoms with Crippen molar-refractivity contribution >= 4 is 0 Å². The molecule has 0 saturated heterocycles. The van der Waals surface area contributed by atoms with Gasteiger partial charge in [0.15, 0.2) is 0 Å². The standard InChI is InChI=1S/C16H14N2O2/c1-20-14-9-7-12(8-10-14)15-11-16(19)18(17-15)13-5-3-2-4-6-13/h2-11,17H,1H3. The minimum atomic E-state index is -0.0815. The Balaban J connectivity index is 2.02. The zero-order valence-electron chi connectivity index (χ0n) is 11.0. The molecule has 0 aliphatic carbocycles. The number of nitrogens with zero attached hydrogens (tertiary/aromatic N) is 1. The Morgan fingerprint density at radius 3 is 2.35 bits per heavy atom. The lowest BCUT2D eigenvalue weighted by molar-refractivity contribution is 0.415. The molecule has 1 heterocycles. The summed E-state index contributed by atoms with van der Waals surface area (Å²) in [5.41, 5.74) is 2.46. The highest BCUT2D eigenvalue weighted by atomic mass is 16.5. The van der Waals surface area contributed by atoms with Crippen LogP contribution in [0.2, 0.25) is 0 Å². The molecule has 100 valence electrons. The van der Waals surface area contributed by atoms with Crippen LogP contribution in [-0.2, 0) is 0 Å². The van der Waals surface area contributed by atoms with E-state index in [1.807, 2.05) is 54.6 Å². The van der Waals surface area contributed by atoms with E-state index in [9.17, 15) is 4.79 Å². The number of para-hydroxylation sites is 1. The number of aromatic nitrogens is 2. The molecule has 0 radical (unpaired) electrons. The molecule has 20 heavy (non-hydrogen) atoms. The smallest absolute Gasteiger partial charge is 0.271 e. The highest BCUT2D eigenvalue weighted by Gasteiger charge is 2.06. The van der Waals surface area contributed by atoms with Crippen LogP contribution in [0.5, 0.6) is 5.75 Å². The van der Waals surface area contributed by atoms with E-state index in [1.54, 1.807) is 13.2 Å². The molecule has 0 atom stereocenters. The quantitative estimate of drug-likeness (QED) is 0.792. The number of rotatable bonds is 3. The summed E-state index contributed by atoms with van der Waals surface area (Å²) in [5, 5.41) is 3.11. The first-order valence-electron chi connectivity index (χ1n) is 6.30. The van der Waals surface area contributed by atoms with Crippen molar-refractivity contribution in [3.05, 3.63) is 71.0 Å². The van der Waals surface area contributed by atoms with Gasteiger partial charge < -0.3 is 4.74 Å². The molecule has 3 rings (SSSR count). The summed E-state index contributed by atoms with van der Waals surface area (Å²) in [6.45, 7) is 0. The second-order valence-corrected chi connectivity index (χ2v) is 4.41. The fourth-order valence-electron chi connectivity index (χ4n) is 2.08. The average molecular weight is 266 g/mol. The number of hydrogen-bond donors (Lipinski definition) is 1. The minimum Gasteiger partial charge on any atom is -0.497 e. The number of aromatic amines is 1. The Bertz CT molecular complexity index is 755. The first-order valence-corrected chi connectivity index (χ1v) is 6.30. The molecule has 0 saturated carbocycles. The van der Waals surface area contributed by atoms with Crippen molar-refractivity contribution in [2.75, 3.05) is 7.11 Å². The maximum atomic E-state index is 12.0. The molecule has 0 fully saturated rings. The van der Waals surface area contributed by atoms with E-state index >= 15 is 0 Å². The fourth-order valence-corrected chi connectivity index (χ4v) is 2.08. The zero-order chi connectivity index (χ0) is 13.9. The van der Waals surface area contributed by atoms with Gasteiger partial charge in [-0.25, -0.2) is 4.68 Å². The number of ether oxygens (including phenoxy) is 1. The molecule has 0 aliphatic heterocycles. The van der Waals surface area contributed by atoms with E-state index in [1.165, 1.54) is 4.68 Å². The summed E-state index contributed by atoms with van der Waals surface area (Å²) in [4.78, 5) is 12.0. The number of nitrogens with one attached hydrogen (secondary N) is 1. The predicted octanol–water partition coefficient (Wildman–Crippen LogP) is 2.84. The van der Waals surface area contributed by atoms with E-state index in [0.717, 1.165) is 22.7 Å². The predicted molar refractivity (Wildman–Crippen MR) is 78.4 cm³/mol. The van der Waals surface area contributed by atoms with Gasteiger partial charge in [-0.2, -0.15) is 0 Å². The minimum absolute atomic E-state index is 0.0815. The Morgan fingerprint density at radius 2 is 1.70 bits per heavy atom. The highest BCUT2D eigenvalue weighted by Crippen LogP contribution is 2.20. The van der Waals surface area contributed by atoms with Crippen molar-refractivity contribution in [2.45, 2.75) is 0 Å². The Kier molecular flexibility index (Phi) is 3.13. The molecular formula is C16H14N2O2. The van der Waals surface area contributed by atoms with Crippen LogP contribution in [0.4, 0.5) is 0 Å². The van der Waals surface area contributed by atoms with Crippen molar-refractivity contribution in [3.8, 4) is 22.7 Å². The van der Waals surface area contributed by atoms with Crippen LogP contribution in [0.25, 0.3) is 16.9 Å². The first-order chi connectivity index (χ1) is 9.78. The van der Waals surface area contributed by atoms with E-state index in [0.29, 0.717) is 0 Å². The molecule has 1 N–H and O–H groups in total. The van der Waals surface area contributed by atoms with Gasteiger partial charge in [-0.15, -0.1) is 0 Å². The SMILES string of the molecule is COc1ccc(-c2cc(=O)n(-c3ccccc3)[nH]2)cc1. The summed E-state index contributed by atoms with van der Waals surface area (Å²) in [5.74, 6) is 0.790. The molecule has 0 aliphatic rings. The summed E-state index contributed by atoms with van der Waals surface area (Å²) in [6, 6.07) is 18.6. The van der Waals surface area contributed by atoms with Crippen molar-refractivity contribution in [1.29, 1.82) is 0 Å². The van der Waals surface area contributed by atoms with Crippen molar-refractivity contribution in [3.63, 3.8) is 0 Å². The van der Waals surface area contributed by atoms with Crippen molar-refractivity contribution in [2.24, 2.45) is 0 Å². The van der Waals surface area contributed by atoms with Crippen LogP contribution in [0.3, 0.4) is 0 Å². The van der Waals surface area contributed by atoms with Crippen LogP contribution in [0.1, 0.15) is 0 Å². The molecule has 0 amide bonds. The Morgan fingerprint density at radius 1 is 1.00 bits per heavy atom. The monoisotopic (exact) mass is 266 g/mol. The molecule has 0 spiro atoms. The van der Waals surface area contributed by atoms with Crippen molar-refractivity contribution in [1.82, 2.24) is 9.78 Å². The largest absolute Gasteiger partial charge is 0.497 e. The number of H-pyrrole nitrogens is 1. The lowest BCUT2D eigenvalue weighted by Crippen LogP contribution is -2.12. The second-order valence-electron chi connectivity index (χ2n) is 4.41. The van der Waals surface area contributed by atoms with Crippen molar-refractivity contribution < 1.29 is 4.74 Å². The summed E-state index contributed by atoms with van der Waals surface area (Å²) < 4.78 is 6.65. The lowest BCUT2D eigenvalue weighted by atomic mass is 10.1. The first kappa shape index (κ1) is 12.3. The van der Waals surface area contributed by atoms with Crippen LogP contribution < -0.4 is 10.3 Å². The maximum absolute atomic E-state index is 12.0. The van der Waals surface area contributed by atoms with Gasteiger partial charge >= 0.3 is 0 Å². The van der Waals surface area contributed by atoms with Gasteiger partial charge in [0.25, 0.3) is 5.56 Å². The van der Waals surface area contributed by atoms with E-state index < -0.39 is 0 Å². The third kappa shape index (κ3) is 2.23. The van der Waals surface area contributed by atoms with E-state index in [-0.39, 0.29) is 5.56 Å². The summed E-state index contributed by atoms with van der Waals surface area (Å²) >= 11 is 0. The molecule has 0 unspecified atom stereocenters. The van der Waals surface area contributed by atoms with Crippen LogP contribution in [-0.4, -0.2) is 16.9 Å². The van der Waals surface area contributed by atoms with Crippen LogP contribution in [0, 0.1) is 0 Å². The summed E-state index contributed by atoms with van der Waals surface area (Å²) in [6.07, 6.45) is 0. The van der Waals surface area contributed by atoms with Gasteiger partial charge in [0.2, 0.25) is 0 Å².